The molecule has 0 bridgehead atoms. The molecule has 0 saturated carbocycles. The molecule has 4 rings (SSSR count). The smallest absolute Gasteiger partial charge is 0.125 e. The van der Waals surface area contributed by atoms with E-state index in [9.17, 15) is 0 Å². The van der Waals surface area contributed by atoms with Gasteiger partial charge in [-0.1, -0.05) is 35.9 Å². The van der Waals surface area contributed by atoms with Crippen LogP contribution in [0.4, 0.5) is 5.69 Å². The third-order valence-electron chi connectivity index (χ3n) is 5.09. The van der Waals surface area contributed by atoms with Crippen LogP contribution in [0.1, 0.15) is 24.4 Å². The fraction of sp³-hybridized carbons (Fsp3) is 0.400. The first-order valence-corrected chi connectivity index (χ1v) is 9.15. The van der Waals surface area contributed by atoms with Gasteiger partial charge < -0.3 is 9.64 Å². The van der Waals surface area contributed by atoms with Crippen LogP contribution < -0.4 is 9.64 Å². The molecule has 24 heavy (non-hydrogen) atoms. The molecule has 1 fully saturated rings. The van der Waals surface area contributed by atoms with Crippen LogP contribution in [-0.2, 0) is 0 Å². The molecule has 4 heteroatoms. The zero-order valence-corrected chi connectivity index (χ0v) is 14.6. The Bertz CT molecular complexity index is 683. The van der Waals surface area contributed by atoms with Gasteiger partial charge >= 0.3 is 0 Å². The number of anilines is 1. The van der Waals surface area contributed by atoms with Gasteiger partial charge in [-0.15, -0.1) is 0 Å². The molecule has 3 nitrogen and oxygen atoms in total. The van der Waals surface area contributed by atoms with Crippen LogP contribution in [0.25, 0.3) is 0 Å². The molecule has 2 aromatic carbocycles. The van der Waals surface area contributed by atoms with Gasteiger partial charge in [0.2, 0.25) is 0 Å². The maximum absolute atomic E-state index is 6.15. The second-order valence-electron chi connectivity index (χ2n) is 6.55. The molecular weight excluding hydrogens is 320 g/mol. The average molecular weight is 343 g/mol. The van der Waals surface area contributed by atoms with Crippen LogP contribution in [0.15, 0.2) is 48.5 Å². The van der Waals surface area contributed by atoms with E-state index >= 15 is 0 Å². The summed E-state index contributed by atoms with van der Waals surface area (Å²) in [4.78, 5) is 5.09. The van der Waals surface area contributed by atoms with Crippen molar-refractivity contribution in [2.75, 3.05) is 37.7 Å². The van der Waals surface area contributed by atoms with Crippen molar-refractivity contribution >= 4 is 17.3 Å². The third-order valence-corrected chi connectivity index (χ3v) is 5.33. The van der Waals surface area contributed by atoms with Gasteiger partial charge in [-0.3, -0.25) is 4.90 Å². The Morgan fingerprint density at radius 1 is 0.958 bits per heavy atom. The van der Waals surface area contributed by atoms with E-state index in [1.54, 1.807) is 0 Å². The van der Waals surface area contributed by atoms with Crippen LogP contribution in [-0.4, -0.2) is 37.7 Å². The van der Waals surface area contributed by atoms with E-state index in [0.717, 1.165) is 56.4 Å². The van der Waals surface area contributed by atoms with Crippen molar-refractivity contribution in [2.45, 2.75) is 18.9 Å². The standard InChI is InChI=1S/C20H23ClN2O/c21-16-8-9-18-19(7-4-14-24-20(18)15-16)23-12-10-22(11-13-23)17-5-2-1-3-6-17/h1-3,5-6,8-9,15,19H,4,7,10-14H2. The van der Waals surface area contributed by atoms with Gasteiger partial charge in [0.15, 0.2) is 0 Å². The minimum atomic E-state index is 0.442. The lowest BCUT2D eigenvalue weighted by Gasteiger charge is -2.40. The largest absolute Gasteiger partial charge is 0.493 e. The van der Waals surface area contributed by atoms with Gasteiger partial charge in [0.05, 0.1) is 6.61 Å². The van der Waals surface area contributed by atoms with E-state index in [4.69, 9.17) is 16.3 Å². The lowest BCUT2D eigenvalue weighted by Crippen LogP contribution is -2.47. The Hall–Kier alpha value is -1.71. The zero-order valence-electron chi connectivity index (χ0n) is 13.8. The zero-order chi connectivity index (χ0) is 16.4. The Kier molecular flexibility index (Phi) is 4.63. The Balaban J connectivity index is 1.49. The van der Waals surface area contributed by atoms with Crippen molar-refractivity contribution in [3.05, 3.63) is 59.1 Å². The molecule has 1 saturated heterocycles. The lowest BCUT2D eigenvalue weighted by atomic mass is 9.99. The number of rotatable bonds is 2. The highest BCUT2D eigenvalue weighted by Crippen LogP contribution is 2.37. The van der Waals surface area contributed by atoms with Crippen molar-refractivity contribution in [2.24, 2.45) is 0 Å². The number of fused-ring (bicyclic) bond motifs is 1. The van der Waals surface area contributed by atoms with Crippen LogP contribution >= 0.6 is 11.6 Å². The SMILES string of the molecule is Clc1ccc2c(c1)OCCCC2N1CCN(c2ccccc2)CC1. The number of halogens is 1. The highest BCUT2D eigenvalue weighted by molar-refractivity contribution is 6.30. The highest BCUT2D eigenvalue weighted by atomic mass is 35.5. The van der Waals surface area contributed by atoms with Gasteiger partial charge in [0.25, 0.3) is 0 Å². The summed E-state index contributed by atoms with van der Waals surface area (Å²) in [6.07, 6.45) is 2.25. The molecule has 0 radical (unpaired) electrons. The summed E-state index contributed by atoms with van der Waals surface area (Å²) >= 11 is 6.15. The molecule has 0 N–H and O–H groups in total. The minimum Gasteiger partial charge on any atom is -0.493 e. The lowest BCUT2D eigenvalue weighted by molar-refractivity contribution is 0.176. The molecule has 2 aliphatic heterocycles. The van der Waals surface area contributed by atoms with Gasteiger partial charge in [0, 0.05) is 48.5 Å². The molecular formula is C20H23ClN2O. The minimum absolute atomic E-state index is 0.442. The number of hydrogen-bond acceptors (Lipinski definition) is 3. The second kappa shape index (κ2) is 7.04. The molecule has 0 amide bonds. The van der Waals surface area contributed by atoms with Crippen LogP contribution in [0.2, 0.25) is 5.02 Å². The normalized spacial score (nSPS) is 21.7. The Morgan fingerprint density at radius 2 is 1.75 bits per heavy atom. The van der Waals surface area contributed by atoms with Gasteiger partial charge in [-0.2, -0.15) is 0 Å². The number of hydrogen-bond donors (Lipinski definition) is 0. The summed E-state index contributed by atoms with van der Waals surface area (Å²) in [5, 5.41) is 0.753. The predicted molar refractivity (Wildman–Crippen MR) is 99.2 cm³/mol. The molecule has 126 valence electrons. The first-order chi connectivity index (χ1) is 11.8. The first kappa shape index (κ1) is 15.8. The third kappa shape index (κ3) is 3.24. The Morgan fingerprint density at radius 3 is 2.54 bits per heavy atom. The maximum atomic E-state index is 6.15. The van der Waals surface area contributed by atoms with E-state index in [2.05, 4.69) is 46.2 Å². The quantitative estimate of drug-likeness (QED) is 0.805. The topological polar surface area (TPSA) is 15.7 Å². The highest BCUT2D eigenvalue weighted by Gasteiger charge is 2.28. The molecule has 2 aromatic rings. The molecule has 0 aromatic heterocycles. The number of ether oxygens (including phenoxy) is 1. The number of para-hydroxylation sites is 1. The van der Waals surface area contributed by atoms with Gasteiger partial charge in [-0.25, -0.2) is 0 Å². The van der Waals surface area contributed by atoms with E-state index in [-0.39, 0.29) is 0 Å². The van der Waals surface area contributed by atoms with Crippen LogP contribution in [0, 0.1) is 0 Å². The molecule has 2 aliphatic rings. The molecule has 0 aliphatic carbocycles. The van der Waals surface area contributed by atoms with E-state index < -0.39 is 0 Å². The number of nitrogens with zero attached hydrogens (tertiary/aromatic N) is 2. The summed E-state index contributed by atoms with van der Waals surface area (Å²) in [5.41, 5.74) is 2.62. The summed E-state index contributed by atoms with van der Waals surface area (Å²) in [6.45, 7) is 5.10. The van der Waals surface area contributed by atoms with Crippen LogP contribution in [0.5, 0.6) is 5.75 Å². The fourth-order valence-corrected chi connectivity index (χ4v) is 3.99. The number of piperazine rings is 1. The summed E-state index contributed by atoms with van der Waals surface area (Å²) in [5.74, 6) is 0.968. The number of benzene rings is 2. The fourth-order valence-electron chi connectivity index (χ4n) is 3.83. The van der Waals surface area contributed by atoms with Gasteiger partial charge in [0.1, 0.15) is 5.75 Å². The average Bonchev–Trinajstić information content (AvgIpc) is 2.84. The molecule has 0 spiro atoms. The van der Waals surface area contributed by atoms with Crippen LogP contribution in [0.3, 0.4) is 0 Å². The van der Waals surface area contributed by atoms with Crippen molar-refractivity contribution < 1.29 is 4.74 Å². The summed E-state index contributed by atoms with van der Waals surface area (Å²) in [7, 11) is 0. The molecule has 1 unspecified atom stereocenters. The van der Waals surface area contributed by atoms with Gasteiger partial charge in [-0.05, 0) is 37.1 Å². The van der Waals surface area contributed by atoms with Crippen molar-refractivity contribution in [3.63, 3.8) is 0 Å². The second-order valence-corrected chi connectivity index (χ2v) is 6.98. The van der Waals surface area contributed by atoms with E-state index in [0.29, 0.717) is 6.04 Å². The van der Waals surface area contributed by atoms with Crippen molar-refractivity contribution in [1.82, 2.24) is 4.90 Å². The van der Waals surface area contributed by atoms with E-state index in [1.807, 2.05) is 12.1 Å². The molecule has 1 atom stereocenters. The van der Waals surface area contributed by atoms with Crippen molar-refractivity contribution in [1.29, 1.82) is 0 Å². The Labute approximate surface area is 148 Å². The first-order valence-electron chi connectivity index (χ1n) is 8.77. The maximum Gasteiger partial charge on any atom is 0.125 e. The summed E-state index contributed by atoms with van der Waals surface area (Å²) < 4.78 is 5.92. The van der Waals surface area contributed by atoms with E-state index in [1.165, 1.54) is 11.3 Å². The summed E-state index contributed by atoms with van der Waals surface area (Å²) in [6, 6.07) is 17.3. The predicted octanol–water partition coefficient (Wildman–Crippen LogP) is 4.38. The monoisotopic (exact) mass is 342 g/mol. The van der Waals surface area contributed by atoms with Crippen molar-refractivity contribution in [3.8, 4) is 5.75 Å². The molecule has 2 heterocycles.